The summed E-state index contributed by atoms with van der Waals surface area (Å²) in [6, 6.07) is 3.56. The Balaban J connectivity index is 1.91. The van der Waals surface area contributed by atoms with Crippen LogP contribution in [0.5, 0.6) is 0 Å². The maximum absolute atomic E-state index is 12.3. The van der Waals surface area contributed by atoms with Crippen molar-refractivity contribution < 1.29 is 14.0 Å². The fourth-order valence-electron chi connectivity index (χ4n) is 2.65. The van der Waals surface area contributed by atoms with Crippen molar-refractivity contribution >= 4 is 11.8 Å². The number of amides is 2. The lowest BCUT2D eigenvalue weighted by atomic mass is 10.1. The summed E-state index contributed by atoms with van der Waals surface area (Å²) in [4.78, 5) is 26.0. The fourth-order valence-corrected chi connectivity index (χ4v) is 2.65. The maximum atomic E-state index is 12.3. The van der Waals surface area contributed by atoms with Crippen LogP contribution >= 0.6 is 0 Å². The molecule has 1 saturated heterocycles. The summed E-state index contributed by atoms with van der Waals surface area (Å²) >= 11 is 0. The van der Waals surface area contributed by atoms with Gasteiger partial charge < -0.3 is 14.6 Å². The van der Waals surface area contributed by atoms with E-state index in [1.165, 1.54) is 0 Å². The van der Waals surface area contributed by atoms with Crippen molar-refractivity contribution in [2.24, 2.45) is 11.8 Å². The number of furan rings is 1. The van der Waals surface area contributed by atoms with Gasteiger partial charge in [0.25, 0.3) is 0 Å². The lowest BCUT2D eigenvalue weighted by Crippen LogP contribution is -2.35. The molecule has 1 N–H and O–H groups in total. The summed E-state index contributed by atoms with van der Waals surface area (Å²) in [5.41, 5.74) is 0. The first-order valence-electron chi connectivity index (χ1n) is 7.51. The smallest absolute Gasteiger partial charge is 0.226 e. The highest BCUT2D eigenvalue weighted by Crippen LogP contribution is 2.21. The minimum absolute atomic E-state index is 0.0730. The number of carbonyl (C=O) groups excluding carboxylic acids is 2. The number of nitrogens with one attached hydrogen (secondary N) is 1. The van der Waals surface area contributed by atoms with E-state index in [-0.39, 0.29) is 23.8 Å². The largest absolute Gasteiger partial charge is 0.464 e. The number of hydrogen-bond donors (Lipinski definition) is 1. The molecule has 1 fully saturated rings. The van der Waals surface area contributed by atoms with Crippen LogP contribution in [0.15, 0.2) is 16.5 Å². The molecule has 1 aliphatic rings. The Morgan fingerprint density at radius 1 is 1.43 bits per heavy atom. The lowest BCUT2D eigenvalue weighted by molar-refractivity contribution is -0.129. The van der Waals surface area contributed by atoms with Crippen molar-refractivity contribution in [3.63, 3.8) is 0 Å². The summed E-state index contributed by atoms with van der Waals surface area (Å²) in [7, 11) is 0. The molecule has 116 valence electrons. The minimum atomic E-state index is -0.255. The average molecular weight is 292 g/mol. The molecule has 1 aromatic rings. The molecule has 1 aromatic heterocycles. The van der Waals surface area contributed by atoms with Gasteiger partial charge in [0.05, 0.1) is 12.0 Å². The zero-order valence-electron chi connectivity index (χ0n) is 13.2. The molecule has 0 spiro atoms. The normalized spacial score (nSPS) is 20.1. The molecule has 2 heterocycles. The molecule has 0 saturated carbocycles. The van der Waals surface area contributed by atoms with Gasteiger partial charge in [-0.2, -0.15) is 0 Å². The third-order valence-corrected chi connectivity index (χ3v) is 3.72. The molecule has 0 radical (unpaired) electrons. The predicted octanol–water partition coefficient (Wildman–Crippen LogP) is 2.27. The molecule has 2 amide bonds. The van der Waals surface area contributed by atoms with Gasteiger partial charge >= 0.3 is 0 Å². The zero-order valence-corrected chi connectivity index (χ0v) is 13.2. The Bertz CT molecular complexity index is 521. The predicted molar refractivity (Wildman–Crippen MR) is 79.5 cm³/mol. The van der Waals surface area contributed by atoms with E-state index in [4.69, 9.17) is 4.42 Å². The fraction of sp³-hybridized carbons (Fsp3) is 0.625. The molecular weight excluding hydrogens is 268 g/mol. The van der Waals surface area contributed by atoms with Gasteiger partial charge in [0.1, 0.15) is 11.5 Å². The van der Waals surface area contributed by atoms with Crippen LogP contribution in [0.3, 0.4) is 0 Å². The molecular formula is C16H24N2O3. The van der Waals surface area contributed by atoms with Gasteiger partial charge in [-0.25, -0.2) is 0 Å². The molecule has 2 atom stereocenters. The summed E-state index contributed by atoms with van der Waals surface area (Å²) in [5, 5.41) is 2.93. The first kappa shape index (κ1) is 15.6. The van der Waals surface area contributed by atoms with Crippen LogP contribution in [0, 0.1) is 18.8 Å². The zero-order chi connectivity index (χ0) is 15.6. The lowest BCUT2D eigenvalue weighted by Gasteiger charge is -2.19. The Kier molecular flexibility index (Phi) is 4.70. The topological polar surface area (TPSA) is 62.6 Å². The number of aryl methyl sites for hydroxylation is 1. The second-order valence-electron chi connectivity index (χ2n) is 6.27. The van der Waals surface area contributed by atoms with Crippen LogP contribution in [0.4, 0.5) is 0 Å². The number of likely N-dealkylation sites (tertiary alicyclic amines) is 1. The van der Waals surface area contributed by atoms with E-state index < -0.39 is 0 Å². The molecule has 21 heavy (non-hydrogen) atoms. The van der Waals surface area contributed by atoms with Crippen LogP contribution in [-0.4, -0.2) is 29.8 Å². The SMILES string of the molecule is Cc1ccc([C@H](C)NC(=O)[C@@H]2CC(=O)N(CC(C)C)C2)o1. The highest BCUT2D eigenvalue weighted by atomic mass is 16.3. The van der Waals surface area contributed by atoms with Crippen molar-refractivity contribution in [1.82, 2.24) is 10.2 Å². The summed E-state index contributed by atoms with van der Waals surface area (Å²) < 4.78 is 5.51. The Morgan fingerprint density at radius 3 is 2.71 bits per heavy atom. The van der Waals surface area contributed by atoms with Gasteiger partial charge in [0, 0.05) is 19.5 Å². The third kappa shape index (κ3) is 3.86. The van der Waals surface area contributed by atoms with Crippen LogP contribution in [-0.2, 0) is 9.59 Å². The van der Waals surface area contributed by atoms with Crippen molar-refractivity contribution in [2.45, 2.75) is 40.2 Å². The molecule has 5 nitrogen and oxygen atoms in total. The van der Waals surface area contributed by atoms with Crippen molar-refractivity contribution in [2.75, 3.05) is 13.1 Å². The quantitative estimate of drug-likeness (QED) is 0.905. The van der Waals surface area contributed by atoms with Crippen molar-refractivity contribution in [3.05, 3.63) is 23.7 Å². The van der Waals surface area contributed by atoms with Gasteiger partial charge in [0.2, 0.25) is 11.8 Å². The molecule has 0 aromatic carbocycles. The van der Waals surface area contributed by atoms with Crippen molar-refractivity contribution in [3.8, 4) is 0 Å². The van der Waals surface area contributed by atoms with Gasteiger partial charge in [-0.15, -0.1) is 0 Å². The Hall–Kier alpha value is -1.78. The number of hydrogen-bond acceptors (Lipinski definition) is 3. The maximum Gasteiger partial charge on any atom is 0.226 e. The van der Waals surface area contributed by atoms with E-state index in [9.17, 15) is 9.59 Å². The molecule has 0 aliphatic carbocycles. The van der Waals surface area contributed by atoms with Crippen LogP contribution < -0.4 is 5.32 Å². The molecule has 1 aliphatic heterocycles. The summed E-state index contributed by atoms with van der Waals surface area (Å²) in [6.07, 6.45) is 0.308. The van der Waals surface area contributed by atoms with Gasteiger partial charge in [0.15, 0.2) is 0 Å². The van der Waals surface area contributed by atoms with Crippen LogP contribution in [0.2, 0.25) is 0 Å². The second kappa shape index (κ2) is 6.33. The van der Waals surface area contributed by atoms with Crippen molar-refractivity contribution in [1.29, 1.82) is 0 Å². The third-order valence-electron chi connectivity index (χ3n) is 3.72. The van der Waals surface area contributed by atoms with E-state index in [0.29, 0.717) is 18.9 Å². The van der Waals surface area contributed by atoms with Crippen LogP contribution in [0.1, 0.15) is 44.8 Å². The first-order valence-corrected chi connectivity index (χ1v) is 7.51. The van der Waals surface area contributed by atoms with Crippen LogP contribution in [0.25, 0.3) is 0 Å². The van der Waals surface area contributed by atoms with E-state index in [1.54, 1.807) is 4.90 Å². The monoisotopic (exact) mass is 292 g/mol. The average Bonchev–Trinajstić information content (AvgIpc) is 2.96. The Morgan fingerprint density at radius 2 is 2.14 bits per heavy atom. The highest BCUT2D eigenvalue weighted by molar-refractivity contribution is 5.89. The number of carbonyl (C=O) groups is 2. The standard InChI is InChI=1S/C16H24N2O3/c1-10(2)8-18-9-13(7-15(18)19)16(20)17-12(4)14-6-5-11(3)21-14/h5-6,10,12-13H,7-9H2,1-4H3,(H,17,20)/t12-,13+/m0/s1. The van der Waals surface area contributed by atoms with E-state index in [2.05, 4.69) is 19.2 Å². The van der Waals surface area contributed by atoms with Gasteiger partial charge in [-0.3, -0.25) is 9.59 Å². The molecule has 2 rings (SSSR count). The van der Waals surface area contributed by atoms with E-state index >= 15 is 0 Å². The van der Waals surface area contributed by atoms with Gasteiger partial charge in [-0.05, 0) is 31.9 Å². The molecule has 0 unspecified atom stereocenters. The molecule has 5 heteroatoms. The minimum Gasteiger partial charge on any atom is -0.464 e. The molecule has 0 bridgehead atoms. The van der Waals surface area contributed by atoms with E-state index in [0.717, 1.165) is 18.1 Å². The van der Waals surface area contributed by atoms with E-state index in [1.807, 2.05) is 26.0 Å². The first-order chi connectivity index (χ1) is 9.86. The summed E-state index contributed by atoms with van der Waals surface area (Å²) in [6.45, 7) is 9.14. The Labute approximate surface area is 125 Å². The number of rotatable bonds is 5. The number of nitrogens with zero attached hydrogens (tertiary/aromatic N) is 1. The summed E-state index contributed by atoms with van der Waals surface area (Å²) in [5.74, 6) is 1.73. The van der Waals surface area contributed by atoms with Gasteiger partial charge in [-0.1, -0.05) is 13.8 Å². The highest BCUT2D eigenvalue weighted by Gasteiger charge is 2.35. The second-order valence-corrected chi connectivity index (χ2v) is 6.27.